The van der Waals surface area contributed by atoms with Crippen LogP contribution in [0, 0.1) is 18.7 Å². The maximum absolute atomic E-state index is 13.0. The van der Waals surface area contributed by atoms with E-state index in [0.29, 0.717) is 11.2 Å². The van der Waals surface area contributed by atoms with Gasteiger partial charge in [0.25, 0.3) is 0 Å². The number of carbonyl (C=O) groups excluding carboxylic acids is 1. The smallest absolute Gasteiger partial charge is 0.226 e. The van der Waals surface area contributed by atoms with Crippen molar-refractivity contribution in [2.45, 2.75) is 20.8 Å². The average molecular weight is 312 g/mol. The fourth-order valence-corrected chi connectivity index (χ4v) is 2.17. The number of amides is 1. The summed E-state index contributed by atoms with van der Waals surface area (Å²) >= 11 is 0. The van der Waals surface area contributed by atoms with E-state index < -0.39 is 0 Å². The minimum absolute atomic E-state index is 0.0432. The van der Waals surface area contributed by atoms with E-state index in [2.05, 4.69) is 15.5 Å². The van der Waals surface area contributed by atoms with Gasteiger partial charge in [0.05, 0.1) is 5.69 Å². The maximum Gasteiger partial charge on any atom is 0.226 e. The summed E-state index contributed by atoms with van der Waals surface area (Å²) < 4.78 is 13.0. The molecule has 1 aromatic heterocycles. The van der Waals surface area contributed by atoms with Gasteiger partial charge in [-0.3, -0.25) is 4.79 Å². The Morgan fingerprint density at radius 1 is 1.13 bits per heavy atom. The first-order valence-corrected chi connectivity index (χ1v) is 7.38. The molecule has 0 saturated heterocycles. The molecule has 6 heteroatoms. The van der Waals surface area contributed by atoms with E-state index in [1.165, 1.54) is 16.9 Å². The van der Waals surface area contributed by atoms with Crippen molar-refractivity contribution in [3.8, 4) is 5.69 Å². The number of fused-ring (bicyclic) bond motifs is 1. The summed E-state index contributed by atoms with van der Waals surface area (Å²) in [6.45, 7) is 5.59. The van der Waals surface area contributed by atoms with Crippen LogP contribution < -0.4 is 5.32 Å². The quantitative estimate of drug-likeness (QED) is 0.805. The average Bonchev–Trinajstić information content (AvgIpc) is 2.90. The van der Waals surface area contributed by atoms with E-state index in [4.69, 9.17) is 0 Å². The Labute approximate surface area is 133 Å². The first-order valence-electron chi connectivity index (χ1n) is 7.38. The molecule has 1 amide bonds. The molecule has 0 spiro atoms. The van der Waals surface area contributed by atoms with Crippen LogP contribution in [-0.4, -0.2) is 20.9 Å². The third-order valence-electron chi connectivity index (χ3n) is 3.57. The molecule has 0 aliphatic rings. The normalized spacial score (nSPS) is 11.2. The Hall–Kier alpha value is -2.76. The minimum atomic E-state index is -0.306. The van der Waals surface area contributed by atoms with E-state index in [9.17, 15) is 9.18 Å². The van der Waals surface area contributed by atoms with Gasteiger partial charge in [-0.1, -0.05) is 13.8 Å². The molecule has 118 valence electrons. The highest BCUT2D eigenvalue weighted by Gasteiger charge is 2.12. The van der Waals surface area contributed by atoms with Crippen molar-refractivity contribution in [2.75, 3.05) is 5.32 Å². The van der Waals surface area contributed by atoms with Gasteiger partial charge in [0, 0.05) is 11.6 Å². The summed E-state index contributed by atoms with van der Waals surface area (Å²) in [5, 5.41) is 11.7. The van der Waals surface area contributed by atoms with Crippen molar-refractivity contribution in [2.24, 2.45) is 5.92 Å². The molecule has 0 saturated carbocycles. The molecule has 0 radical (unpaired) electrons. The molecule has 0 unspecified atom stereocenters. The molecule has 5 nitrogen and oxygen atoms in total. The van der Waals surface area contributed by atoms with Crippen molar-refractivity contribution in [1.82, 2.24) is 15.0 Å². The zero-order valence-corrected chi connectivity index (χ0v) is 13.2. The van der Waals surface area contributed by atoms with E-state index in [1.807, 2.05) is 26.8 Å². The van der Waals surface area contributed by atoms with Crippen molar-refractivity contribution >= 4 is 22.6 Å². The number of aryl methyl sites for hydroxylation is 1. The molecule has 0 aliphatic heterocycles. The molecular weight excluding hydrogens is 295 g/mol. The van der Waals surface area contributed by atoms with Gasteiger partial charge in [0.2, 0.25) is 5.91 Å². The number of benzene rings is 2. The summed E-state index contributed by atoms with van der Waals surface area (Å²) in [7, 11) is 0. The fraction of sp³-hybridized carbons (Fsp3) is 0.235. The van der Waals surface area contributed by atoms with Crippen molar-refractivity contribution in [3.05, 3.63) is 47.8 Å². The Bertz CT molecular complexity index is 868. The standard InChI is InChI=1S/C17H17FN4O/c1-10(2)17(23)19-14-9-16-15(8-11(14)3)20-22(21-16)13-6-4-12(18)5-7-13/h4-10H,1-3H3,(H,19,23). The predicted molar refractivity (Wildman–Crippen MR) is 87.0 cm³/mol. The van der Waals surface area contributed by atoms with Gasteiger partial charge in [-0.05, 0) is 48.9 Å². The van der Waals surface area contributed by atoms with Crippen LogP contribution in [0.5, 0.6) is 0 Å². The van der Waals surface area contributed by atoms with Crippen LogP contribution in [0.25, 0.3) is 16.7 Å². The Morgan fingerprint density at radius 3 is 2.35 bits per heavy atom. The first-order chi connectivity index (χ1) is 10.9. The first kappa shape index (κ1) is 15.1. The second kappa shape index (κ2) is 5.79. The molecule has 0 bridgehead atoms. The van der Waals surface area contributed by atoms with Gasteiger partial charge in [-0.25, -0.2) is 4.39 Å². The zero-order valence-electron chi connectivity index (χ0n) is 13.2. The van der Waals surface area contributed by atoms with Crippen molar-refractivity contribution in [3.63, 3.8) is 0 Å². The second-order valence-electron chi connectivity index (χ2n) is 5.77. The van der Waals surface area contributed by atoms with E-state index in [1.54, 1.807) is 18.2 Å². The Morgan fingerprint density at radius 2 is 1.74 bits per heavy atom. The SMILES string of the molecule is Cc1cc2nn(-c3ccc(F)cc3)nc2cc1NC(=O)C(C)C. The molecule has 1 heterocycles. The molecule has 23 heavy (non-hydrogen) atoms. The lowest BCUT2D eigenvalue weighted by Crippen LogP contribution is -2.18. The maximum atomic E-state index is 13.0. The fourth-order valence-electron chi connectivity index (χ4n) is 2.17. The third kappa shape index (κ3) is 3.06. The lowest BCUT2D eigenvalue weighted by Gasteiger charge is -2.09. The van der Waals surface area contributed by atoms with Gasteiger partial charge < -0.3 is 5.32 Å². The van der Waals surface area contributed by atoms with E-state index in [-0.39, 0.29) is 17.6 Å². The number of nitrogens with zero attached hydrogens (tertiary/aromatic N) is 3. The summed E-state index contributed by atoms with van der Waals surface area (Å²) in [4.78, 5) is 13.3. The van der Waals surface area contributed by atoms with Gasteiger partial charge in [0.1, 0.15) is 16.9 Å². The molecule has 3 aromatic rings. The highest BCUT2D eigenvalue weighted by atomic mass is 19.1. The zero-order chi connectivity index (χ0) is 16.6. The van der Waals surface area contributed by atoms with Crippen LogP contribution in [0.3, 0.4) is 0 Å². The number of anilines is 1. The molecular formula is C17H17FN4O. The number of aromatic nitrogens is 3. The molecule has 0 fully saturated rings. The van der Waals surface area contributed by atoms with E-state index in [0.717, 1.165) is 16.8 Å². The number of halogens is 1. The lowest BCUT2D eigenvalue weighted by atomic mass is 10.1. The number of carbonyl (C=O) groups is 1. The third-order valence-corrected chi connectivity index (χ3v) is 3.57. The van der Waals surface area contributed by atoms with Crippen molar-refractivity contribution in [1.29, 1.82) is 0 Å². The highest BCUT2D eigenvalue weighted by Crippen LogP contribution is 2.22. The summed E-state index contributed by atoms with van der Waals surface area (Å²) in [6.07, 6.45) is 0. The van der Waals surface area contributed by atoms with Crippen LogP contribution >= 0.6 is 0 Å². The second-order valence-corrected chi connectivity index (χ2v) is 5.77. The van der Waals surface area contributed by atoms with Crippen LogP contribution in [0.4, 0.5) is 10.1 Å². The van der Waals surface area contributed by atoms with Crippen LogP contribution in [-0.2, 0) is 4.79 Å². The minimum Gasteiger partial charge on any atom is -0.326 e. The number of hydrogen-bond acceptors (Lipinski definition) is 3. The van der Waals surface area contributed by atoms with Gasteiger partial charge in [-0.2, -0.15) is 4.80 Å². The van der Waals surface area contributed by atoms with Crippen LogP contribution in [0.1, 0.15) is 19.4 Å². The topological polar surface area (TPSA) is 59.8 Å². The number of rotatable bonds is 3. The summed E-state index contributed by atoms with van der Waals surface area (Å²) in [5.41, 5.74) is 3.70. The summed E-state index contributed by atoms with van der Waals surface area (Å²) in [6, 6.07) is 9.63. The van der Waals surface area contributed by atoms with Crippen LogP contribution in [0.2, 0.25) is 0 Å². The molecule has 3 rings (SSSR count). The van der Waals surface area contributed by atoms with Crippen LogP contribution in [0.15, 0.2) is 36.4 Å². The van der Waals surface area contributed by atoms with Gasteiger partial charge in [0.15, 0.2) is 0 Å². The molecule has 0 atom stereocenters. The summed E-state index contributed by atoms with van der Waals surface area (Å²) in [5.74, 6) is -0.446. The number of nitrogens with one attached hydrogen (secondary N) is 1. The molecule has 0 aliphatic carbocycles. The van der Waals surface area contributed by atoms with E-state index >= 15 is 0 Å². The monoisotopic (exact) mass is 312 g/mol. The molecule has 2 aromatic carbocycles. The predicted octanol–water partition coefficient (Wildman–Crippen LogP) is 3.46. The molecule has 1 N–H and O–H groups in total. The lowest BCUT2D eigenvalue weighted by molar-refractivity contribution is -0.118. The Kier molecular flexibility index (Phi) is 3.82. The van der Waals surface area contributed by atoms with Crippen molar-refractivity contribution < 1.29 is 9.18 Å². The highest BCUT2D eigenvalue weighted by molar-refractivity contribution is 5.95. The van der Waals surface area contributed by atoms with Gasteiger partial charge in [-0.15, -0.1) is 10.2 Å². The largest absolute Gasteiger partial charge is 0.326 e. The van der Waals surface area contributed by atoms with Gasteiger partial charge >= 0.3 is 0 Å². The number of hydrogen-bond donors (Lipinski definition) is 1. The Balaban J connectivity index is 2.00.